The monoisotopic (exact) mass is 167 g/mol. The summed E-state index contributed by atoms with van der Waals surface area (Å²) in [5.41, 5.74) is -0.178. The summed E-state index contributed by atoms with van der Waals surface area (Å²) in [7, 11) is 0. The number of carbonyl (C=O) groups excluding carboxylic acids is 1. The molecule has 0 fully saturated rings. The van der Waals surface area contributed by atoms with E-state index in [4.69, 9.17) is 0 Å². The van der Waals surface area contributed by atoms with Gasteiger partial charge in [-0.2, -0.15) is 0 Å². The van der Waals surface area contributed by atoms with E-state index in [1.54, 1.807) is 0 Å². The van der Waals surface area contributed by atoms with Crippen molar-refractivity contribution in [3.8, 4) is 0 Å². The van der Waals surface area contributed by atoms with Crippen LogP contribution in [0.25, 0.3) is 0 Å². The van der Waals surface area contributed by atoms with E-state index in [1.165, 1.54) is 25.2 Å². The van der Waals surface area contributed by atoms with Crippen molar-refractivity contribution in [3.63, 3.8) is 0 Å². The molecule has 0 aliphatic carbocycles. The van der Waals surface area contributed by atoms with Gasteiger partial charge in [0.2, 0.25) is 0 Å². The maximum Gasteiger partial charge on any atom is 0.275 e. The van der Waals surface area contributed by atoms with Gasteiger partial charge in [0.25, 0.3) is 5.70 Å². The van der Waals surface area contributed by atoms with Crippen LogP contribution in [-0.2, 0) is 4.79 Å². The molecule has 0 radical (unpaired) electrons. The Hall–Kier alpha value is -1.71. The summed E-state index contributed by atoms with van der Waals surface area (Å²) in [5.74, 6) is 0. The van der Waals surface area contributed by atoms with E-state index < -0.39 is 4.92 Å². The minimum atomic E-state index is -0.607. The summed E-state index contributed by atoms with van der Waals surface area (Å²) in [6, 6.07) is 0. The molecule has 0 aromatic carbocycles. The first kappa shape index (κ1) is 10.3. The van der Waals surface area contributed by atoms with Gasteiger partial charge in [0.15, 0.2) is 6.29 Å². The summed E-state index contributed by atoms with van der Waals surface area (Å²) >= 11 is 0. The molecule has 0 aliphatic heterocycles. The molecule has 0 spiro atoms. The number of allylic oxidation sites excluding steroid dienone is 4. The Morgan fingerprint density at radius 1 is 1.58 bits per heavy atom. The number of aldehydes is 1. The molecule has 0 amide bonds. The molecular weight excluding hydrogens is 158 g/mol. The highest BCUT2D eigenvalue weighted by Crippen LogP contribution is 2.07. The van der Waals surface area contributed by atoms with Crippen molar-refractivity contribution < 1.29 is 9.72 Å². The van der Waals surface area contributed by atoms with Gasteiger partial charge in [0, 0.05) is 0 Å². The summed E-state index contributed by atoms with van der Waals surface area (Å²) < 4.78 is 0. The smallest absolute Gasteiger partial charge is 0.275 e. The van der Waals surface area contributed by atoms with E-state index in [0.717, 1.165) is 0 Å². The maximum absolute atomic E-state index is 10.3. The van der Waals surface area contributed by atoms with Gasteiger partial charge in [-0.3, -0.25) is 14.9 Å². The maximum atomic E-state index is 10.3. The molecule has 0 saturated carbocycles. The third-order valence-electron chi connectivity index (χ3n) is 1.19. The molecule has 0 heterocycles. The Morgan fingerprint density at radius 3 is 2.42 bits per heavy atom. The normalized spacial score (nSPS) is 12.4. The van der Waals surface area contributed by atoms with Crippen molar-refractivity contribution in [1.82, 2.24) is 0 Å². The summed E-state index contributed by atoms with van der Waals surface area (Å²) in [5, 5.41) is 10.3. The van der Waals surface area contributed by atoms with Gasteiger partial charge < -0.3 is 0 Å². The average molecular weight is 167 g/mol. The van der Waals surface area contributed by atoms with Crippen molar-refractivity contribution in [3.05, 3.63) is 46.2 Å². The minimum absolute atomic E-state index is 0.0255. The number of carbonyl (C=O) groups is 1. The van der Waals surface area contributed by atoms with Crippen LogP contribution in [-0.4, -0.2) is 11.2 Å². The van der Waals surface area contributed by atoms with E-state index in [1.807, 2.05) is 0 Å². The Balaban J connectivity index is 4.95. The number of hydrogen-bond donors (Lipinski definition) is 0. The first-order chi connectivity index (χ1) is 5.67. The molecule has 0 aliphatic rings. The van der Waals surface area contributed by atoms with Gasteiger partial charge in [-0.25, -0.2) is 0 Å². The summed E-state index contributed by atoms with van der Waals surface area (Å²) in [4.78, 5) is 20.0. The Morgan fingerprint density at radius 2 is 2.17 bits per heavy atom. The second-order valence-corrected chi connectivity index (χ2v) is 1.91. The van der Waals surface area contributed by atoms with E-state index in [-0.39, 0.29) is 11.3 Å². The third-order valence-corrected chi connectivity index (χ3v) is 1.19. The molecule has 0 saturated heterocycles. The topological polar surface area (TPSA) is 60.2 Å². The molecule has 0 aromatic heterocycles. The van der Waals surface area contributed by atoms with Gasteiger partial charge in [-0.1, -0.05) is 12.7 Å². The van der Waals surface area contributed by atoms with Gasteiger partial charge in [-0.05, 0) is 19.1 Å². The summed E-state index contributed by atoms with van der Waals surface area (Å²) in [6.07, 6.45) is 4.32. The molecule has 0 rings (SSSR count). The zero-order chi connectivity index (χ0) is 9.56. The molecule has 0 aromatic rings. The first-order valence-corrected chi connectivity index (χ1v) is 3.26. The number of nitrogens with zero attached hydrogens (tertiary/aromatic N) is 1. The highest BCUT2D eigenvalue weighted by Gasteiger charge is 2.13. The molecule has 64 valence electrons. The van der Waals surface area contributed by atoms with Gasteiger partial charge in [0.1, 0.15) is 0 Å². The standard InChI is InChI=1S/C8H9NO3/c1-3-5-7(6-10)8(4-2)9(11)12/h3-6H,1H2,2H3/b7-5-,8-4+. The van der Waals surface area contributed by atoms with E-state index >= 15 is 0 Å². The van der Waals surface area contributed by atoms with Crippen molar-refractivity contribution in [2.75, 3.05) is 0 Å². The van der Waals surface area contributed by atoms with Gasteiger partial charge >= 0.3 is 0 Å². The lowest BCUT2D eigenvalue weighted by Crippen LogP contribution is -2.02. The van der Waals surface area contributed by atoms with Crippen LogP contribution in [0.4, 0.5) is 0 Å². The molecule has 0 bridgehead atoms. The fourth-order valence-corrected chi connectivity index (χ4v) is 0.689. The van der Waals surface area contributed by atoms with E-state index in [9.17, 15) is 14.9 Å². The molecule has 0 N–H and O–H groups in total. The van der Waals surface area contributed by atoms with Crippen molar-refractivity contribution in [2.24, 2.45) is 0 Å². The predicted octanol–water partition coefficient (Wildman–Crippen LogP) is 1.48. The first-order valence-electron chi connectivity index (χ1n) is 3.26. The van der Waals surface area contributed by atoms with Crippen molar-refractivity contribution in [1.29, 1.82) is 0 Å². The SMILES string of the molecule is C=C/C=C(C=O)\C(=C/C)[N+](=O)[O-]. The van der Waals surface area contributed by atoms with Crippen LogP contribution in [0, 0.1) is 10.1 Å². The molecule has 4 heteroatoms. The zero-order valence-electron chi connectivity index (χ0n) is 6.69. The van der Waals surface area contributed by atoms with Crippen LogP contribution in [0.1, 0.15) is 6.92 Å². The third kappa shape index (κ3) is 2.49. The number of rotatable bonds is 4. The minimum Gasteiger partial charge on any atom is -0.298 e. The molecule has 0 atom stereocenters. The van der Waals surface area contributed by atoms with Crippen LogP contribution in [0.3, 0.4) is 0 Å². The number of hydrogen-bond acceptors (Lipinski definition) is 3. The van der Waals surface area contributed by atoms with E-state index in [2.05, 4.69) is 6.58 Å². The molecule has 0 unspecified atom stereocenters. The zero-order valence-corrected chi connectivity index (χ0v) is 6.69. The van der Waals surface area contributed by atoms with Crippen molar-refractivity contribution >= 4 is 6.29 Å². The second kappa shape index (κ2) is 5.01. The van der Waals surface area contributed by atoms with Crippen molar-refractivity contribution in [2.45, 2.75) is 6.92 Å². The lowest BCUT2D eigenvalue weighted by Gasteiger charge is -1.93. The van der Waals surface area contributed by atoms with Crippen LogP contribution >= 0.6 is 0 Å². The summed E-state index contributed by atoms with van der Waals surface area (Å²) in [6.45, 7) is 4.84. The highest BCUT2D eigenvalue weighted by atomic mass is 16.6. The predicted molar refractivity (Wildman–Crippen MR) is 45.1 cm³/mol. The quantitative estimate of drug-likeness (QED) is 0.209. The van der Waals surface area contributed by atoms with Crippen LogP contribution < -0.4 is 0 Å². The molecule has 4 nitrogen and oxygen atoms in total. The lowest BCUT2D eigenvalue weighted by atomic mass is 10.2. The van der Waals surface area contributed by atoms with Gasteiger partial charge in [0.05, 0.1) is 10.5 Å². The number of nitro groups is 1. The van der Waals surface area contributed by atoms with Gasteiger partial charge in [-0.15, -0.1) is 0 Å². The molecular formula is C8H9NO3. The van der Waals surface area contributed by atoms with E-state index in [0.29, 0.717) is 6.29 Å². The second-order valence-electron chi connectivity index (χ2n) is 1.91. The highest BCUT2D eigenvalue weighted by molar-refractivity contribution is 5.79. The fraction of sp³-hybridized carbons (Fsp3) is 0.125. The largest absolute Gasteiger partial charge is 0.298 e. The van der Waals surface area contributed by atoms with Crippen LogP contribution in [0.15, 0.2) is 36.1 Å². The van der Waals surface area contributed by atoms with Crippen LogP contribution in [0.5, 0.6) is 0 Å². The lowest BCUT2D eigenvalue weighted by molar-refractivity contribution is -0.420. The molecule has 12 heavy (non-hydrogen) atoms. The Kier molecular flexibility index (Phi) is 4.30. The fourth-order valence-electron chi connectivity index (χ4n) is 0.689. The Labute approximate surface area is 70.0 Å². The van der Waals surface area contributed by atoms with Crippen LogP contribution in [0.2, 0.25) is 0 Å². The average Bonchev–Trinajstić information content (AvgIpc) is 2.03. The Bertz CT molecular complexity index is 263.